The molecule has 0 fully saturated rings. The van der Waals surface area contributed by atoms with E-state index < -0.39 is 21.0 Å². The Morgan fingerprint density at radius 3 is 2.24 bits per heavy atom. The minimum Gasteiger partial charge on any atom is -0.353 e. The first kappa shape index (κ1) is 15.1. The Kier molecular flexibility index (Phi) is 4.29. The summed E-state index contributed by atoms with van der Waals surface area (Å²) in [5.74, 6) is -0.219. The molecule has 0 saturated carbocycles. The number of hydrogen-bond acceptors (Lipinski definition) is 6. The SMILES string of the molecule is O=[N+]([O-])c1cc(OS(=O)(=O)Oc2ccccc2)ccc1Cl. The zero-order valence-corrected chi connectivity index (χ0v) is 11.9. The summed E-state index contributed by atoms with van der Waals surface area (Å²) in [5, 5.41) is 10.6. The molecule has 0 aliphatic rings. The van der Waals surface area contributed by atoms with Crippen molar-refractivity contribution in [2.24, 2.45) is 0 Å². The second-order valence-corrected chi connectivity index (χ2v) is 5.32. The Hall–Kier alpha value is -2.32. The summed E-state index contributed by atoms with van der Waals surface area (Å²) in [6, 6.07) is 10.9. The van der Waals surface area contributed by atoms with Gasteiger partial charge in [-0.3, -0.25) is 10.1 Å². The number of benzene rings is 2. The number of nitrogens with zero attached hydrogens (tertiary/aromatic N) is 1. The minimum absolute atomic E-state index is 0.0564. The molecular formula is C12H8ClNO6S. The fourth-order valence-electron chi connectivity index (χ4n) is 1.41. The van der Waals surface area contributed by atoms with E-state index in [9.17, 15) is 18.5 Å². The lowest BCUT2D eigenvalue weighted by atomic mass is 10.3. The van der Waals surface area contributed by atoms with Crippen LogP contribution in [0, 0.1) is 10.1 Å². The van der Waals surface area contributed by atoms with Crippen molar-refractivity contribution < 1.29 is 21.7 Å². The van der Waals surface area contributed by atoms with Gasteiger partial charge in [0.2, 0.25) is 0 Å². The molecule has 0 aliphatic heterocycles. The summed E-state index contributed by atoms with van der Waals surface area (Å²) in [4.78, 5) is 9.97. The van der Waals surface area contributed by atoms with Gasteiger partial charge in [0.15, 0.2) is 5.75 Å². The molecule has 110 valence electrons. The Bertz CT molecular complexity index is 763. The lowest BCUT2D eigenvalue weighted by molar-refractivity contribution is -0.384. The normalized spacial score (nSPS) is 10.9. The van der Waals surface area contributed by atoms with E-state index in [1.165, 1.54) is 18.2 Å². The lowest BCUT2D eigenvalue weighted by Gasteiger charge is -2.07. The van der Waals surface area contributed by atoms with E-state index in [1.807, 2.05) is 0 Å². The molecule has 2 aromatic carbocycles. The number of para-hydroxylation sites is 1. The second-order valence-electron chi connectivity index (χ2n) is 3.76. The van der Waals surface area contributed by atoms with Crippen LogP contribution in [0.3, 0.4) is 0 Å². The van der Waals surface area contributed by atoms with Crippen LogP contribution in [0.1, 0.15) is 0 Å². The second kappa shape index (κ2) is 5.98. The van der Waals surface area contributed by atoms with Crippen LogP contribution in [0.4, 0.5) is 5.69 Å². The van der Waals surface area contributed by atoms with Crippen molar-refractivity contribution in [1.82, 2.24) is 0 Å². The van der Waals surface area contributed by atoms with Crippen molar-refractivity contribution in [3.63, 3.8) is 0 Å². The summed E-state index contributed by atoms with van der Waals surface area (Å²) in [5.41, 5.74) is -0.468. The van der Waals surface area contributed by atoms with Crippen LogP contribution in [0.15, 0.2) is 48.5 Å². The number of rotatable bonds is 5. The van der Waals surface area contributed by atoms with E-state index in [-0.39, 0.29) is 16.5 Å². The molecule has 0 bridgehead atoms. The molecule has 7 nitrogen and oxygen atoms in total. The van der Waals surface area contributed by atoms with Gasteiger partial charge in [-0.25, -0.2) is 0 Å². The van der Waals surface area contributed by atoms with Gasteiger partial charge in [0.05, 0.1) is 11.0 Å². The summed E-state index contributed by atoms with van der Waals surface area (Å²) in [6.45, 7) is 0. The first-order valence-corrected chi connectivity index (χ1v) is 7.21. The van der Waals surface area contributed by atoms with Crippen LogP contribution in [0.25, 0.3) is 0 Å². The lowest BCUT2D eigenvalue weighted by Crippen LogP contribution is -2.16. The van der Waals surface area contributed by atoms with Crippen LogP contribution in [0.5, 0.6) is 11.5 Å². The molecule has 0 saturated heterocycles. The molecule has 0 amide bonds. The van der Waals surface area contributed by atoms with Gasteiger partial charge in [-0.2, -0.15) is 0 Å². The first-order chi connectivity index (χ1) is 9.87. The summed E-state index contributed by atoms with van der Waals surface area (Å²) >= 11 is 5.61. The molecule has 0 atom stereocenters. The standard InChI is InChI=1S/C12H8ClNO6S/c13-11-7-6-10(8-12(11)14(15)16)20-21(17,18)19-9-4-2-1-3-5-9/h1-8H. The fourth-order valence-corrected chi connectivity index (χ4v) is 2.32. The van der Waals surface area contributed by atoms with Crippen LogP contribution >= 0.6 is 11.6 Å². The fraction of sp³-hybridized carbons (Fsp3) is 0. The molecule has 0 N–H and O–H groups in total. The predicted molar refractivity (Wildman–Crippen MR) is 74.7 cm³/mol. The third kappa shape index (κ3) is 4.07. The molecule has 9 heteroatoms. The first-order valence-electron chi connectivity index (χ1n) is 5.50. The maximum absolute atomic E-state index is 11.7. The number of nitro benzene ring substituents is 1. The van der Waals surface area contributed by atoms with Crippen LogP contribution in [-0.4, -0.2) is 13.3 Å². The van der Waals surface area contributed by atoms with Crippen molar-refractivity contribution >= 4 is 27.7 Å². The highest BCUT2D eigenvalue weighted by Crippen LogP contribution is 2.29. The number of nitro groups is 1. The van der Waals surface area contributed by atoms with E-state index in [4.69, 9.17) is 11.6 Å². The molecule has 0 radical (unpaired) electrons. The number of hydrogen-bond donors (Lipinski definition) is 0. The monoisotopic (exact) mass is 329 g/mol. The van der Waals surface area contributed by atoms with Crippen molar-refractivity contribution in [3.8, 4) is 11.5 Å². The van der Waals surface area contributed by atoms with Gasteiger partial charge in [0, 0.05) is 0 Å². The van der Waals surface area contributed by atoms with E-state index >= 15 is 0 Å². The highest BCUT2D eigenvalue weighted by molar-refractivity contribution is 7.82. The molecule has 2 rings (SSSR count). The third-order valence-corrected chi connectivity index (χ3v) is 3.37. The smallest absolute Gasteiger partial charge is 0.353 e. The summed E-state index contributed by atoms with van der Waals surface area (Å²) < 4.78 is 32.7. The Labute approximate surface area is 125 Å². The van der Waals surface area contributed by atoms with Gasteiger partial charge in [0.25, 0.3) is 5.69 Å². The molecular weight excluding hydrogens is 322 g/mol. The zero-order chi connectivity index (χ0) is 15.5. The van der Waals surface area contributed by atoms with Gasteiger partial charge < -0.3 is 8.37 Å². The van der Waals surface area contributed by atoms with Crippen LogP contribution in [0.2, 0.25) is 5.02 Å². The third-order valence-electron chi connectivity index (χ3n) is 2.25. The molecule has 0 heterocycles. The highest BCUT2D eigenvalue weighted by atomic mass is 35.5. The largest absolute Gasteiger partial charge is 0.500 e. The zero-order valence-electron chi connectivity index (χ0n) is 10.3. The van der Waals surface area contributed by atoms with Crippen LogP contribution in [-0.2, 0) is 10.4 Å². The van der Waals surface area contributed by atoms with E-state index in [1.54, 1.807) is 18.2 Å². The van der Waals surface area contributed by atoms with Crippen molar-refractivity contribution in [2.45, 2.75) is 0 Å². The summed E-state index contributed by atoms with van der Waals surface area (Å²) in [7, 11) is -4.41. The molecule has 21 heavy (non-hydrogen) atoms. The molecule has 0 aliphatic carbocycles. The van der Waals surface area contributed by atoms with Crippen molar-refractivity contribution in [1.29, 1.82) is 0 Å². The van der Waals surface area contributed by atoms with Gasteiger partial charge in [-0.05, 0) is 24.3 Å². The average molecular weight is 330 g/mol. The van der Waals surface area contributed by atoms with E-state index in [0.717, 1.165) is 12.1 Å². The quantitative estimate of drug-likeness (QED) is 0.618. The minimum atomic E-state index is -4.41. The van der Waals surface area contributed by atoms with E-state index in [0.29, 0.717) is 0 Å². The molecule has 0 aromatic heterocycles. The number of halogens is 1. The molecule has 0 unspecified atom stereocenters. The maximum atomic E-state index is 11.7. The van der Waals surface area contributed by atoms with Crippen molar-refractivity contribution in [2.75, 3.05) is 0 Å². The topological polar surface area (TPSA) is 95.7 Å². The van der Waals surface area contributed by atoms with E-state index in [2.05, 4.69) is 8.37 Å². The average Bonchev–Trinajstić information content (AvgIpc) is 2.41. The highest BCUT2D eigenvalue weighted by Gasteiger charge is 2.19. The Morgan fingerprint density at radius 2 is 1.62 bits per heavy atom. The van der Waals surface area contributed by atoms with Gasteiger partial charge in [-0.1, -0.05) is 29.8 Å². The molecule has 0 spiro atoms. The predicted octanol–water partition coefficient (Wildman–Crippen LogP) is 2.95. The van der Waals surface area contributed by atoms with Crippen LogP contribution < -0.4 is 8.37 Å². The van der Waals surface area contributed by atoms with Gasteiger partial charge in [-0.15, -0.1) is 8.42 Å². The maximum Gasteiger partial charge on any atom is 0.500 e. The Morgan fingerprint density at radius 1 is 1.00 bits per heavy atom. The molecule has 2 aromatic rings. The van der Waals surface area contributed by atoms with Gasteiger partial charge >= 0.3 is 10.4 Å². The Balaban J connectivity index is 2.21. The summed E-state index contributed by atoms with van der Waals surface area (Å²) in [6.07, 6.45) is 0. The van der Waals surface area contributed by atoms with Gasteiger partial charge in [0.1, 0.15) is 10.8 Å². The van der Waals surface area contributed by atoms with Crippen molar-refractivity contribution in [3.05, 3.63) is 63.7 Å².